The Hall–Kier alpha value is -2.73. The molecule has 0 atom stereocenters. The van der Waals surface area contributed by atoms with Crippen molar-refractivity contribution in [2.24, 2.45) is 4.99 Å². The number of aromatic nitrogens is 2. The summed E-state index contributed by atoms with van der Waals surface area (Å²) in [5.74, 6) is -0.343. The lowest BCUT2D eigenvalue weighted by atomic mass is 10.1. The largest absolute Gasteiger partial charge is 0.504 e. The van der Waals surface area contributed by atoms with Gasteiger partial charge in [-0.05, 0) is 43.2 Å². The van der Waals surface area contributed by atoms with Crippen molar-refractivity contribution in [3.63, 3.8) is 0 Å². The summed E-state index contributed by atoms with van der Waals surface area (Å²) in [6, 6.07) is 10.7. The van der Waals surface area contributed by atoms with E-state index in [2.05, 4.69) is 28.2 Å². The first-order valence-electron chi connectivity index (χ1n) is 7.00. The van der Waals surface area contributed by atoms with Crippen LogP contribution in [0.1, 0.15) is 16.7 Å². The molecule has 2 N–H and O–H groups in total. The Morgan fingerprint density at radius 3 is 2.57 bits per heavy atom. The minimum atomic E-state index is -0.182. The van der Waals surface area contributed by atoms with Gasteiger partial charge in [0.2, 0.25) is 5.13 Å². The molecule has 0 amide bonds. The molecule has 5 nitrogen and oxygen atoms in total. The van der Waals surface area contributed by atoms with Crippen molar-refractivity contribution in [2.45, 2.75) is 13.8 Å². The molecule has 0 saturated heterocycles. The van der Waals surface area contributed by atoms with Gasteiger partial charge in [-0.25, -0.2) is 4.99 Å². The fourth-order valence-corrected chi connectivity index (χ4v) is 2.82. The number of aromatic hydroxyl groups is 2. The molecule has 3 rings (SSSR count). The predicted molar refractivity (Wildman–Crippen MR) is 91.8 cm³/mol. The van der Waals surface area contributed by atoms with E-state index >= 15 is 0 Å². The zero-order valence-electron chi connectivity index (χ0n) is 12.7. The minimum Gasteiger partial charge on any atom is -0.504 e. The summed E-state index contributed by atoms with van der Waals surface area (Å²) >= 11 is 1.32. The highest BCUT2D eigenvalue weighted by Crippen LogP contribution is 2.33. The topological polar surface area (TPSA) is 78.6 Å². The van der Waals surface area contributed by atoms with Gasteiger partial charge >= 0.3 is 0 Å². The molecule has 0 aliphatic rings. The van der Waals surface area contributed by atoms with Gasteiger partial charge in [-0.15, -0.1) is 10.2 Å². The van der Waals surface area contributed by atoms with Crippen LogP contribution in [0.4, 0.5) is 5.13 Å². The number of hydrogen-bond donors (Lipinski definition) is 2. The molecule has 116 valence electrons. The van der Waals surface area contributed by atoms with E-state index in [1.165, 1.54) is 29.0 Å². The molecule has 0 aliphatic carbocycles. The van der Waals surface area contributed by atoms with Gasteiger partial charge < -0.3 is 10.2 Å². The Morgan fingerprint density at radius 2 is 1.83 bits per heavy atom. The molecule has 0 spiro atoms. The van der Waals surface area contributed by atoms with Crippen LogP contribution >= 0.6 is 11.3 Å². The molecule has 0 saturated carbocycles. The van der Waals surface area contributed by atoms with E-state index in [-0.39, 0.29) is 11.5 Å². The Labute approximate surface area is 137 Å². The SMILES string of the molecule is Cc1ccc(C=Nc2nnc(-c3ccc(O)c(O)c3)s2)c(C)c1. The molecular weight excluding hydrogens is 310 g/mol. The maximum absolute atomic E-state index is 9.55. The van der Waals surface area contributed by atoms with Crippen LogP contribution in [-0.4, -0.2) is 26.6 Å². The number of rotatable bonds is 3. The first-order chi connectivity index (χ1) is 11.0. The van der Waals surface area contributed by atoms with Crippen LogP contribution in [-0.2, 0) is 0 Å². The molecule has 0 bridgehead atoms. The van der Waals surface area contributed by atoms with Crippen LogP contribution in [0.25, 0.3) is 10.6 Å². The number of aryl methyl sites for hydroxylation is 2. The summed E-state index contributed by atoms with van der Waals surface area (Å²) in [5.41, 5.74) is 4.09. The summed E-state index contributed by atoms with van der Waals surface area (Å²) in [5, 5.41) is 28.2. The van der Waals surface area contributed by atoms with Gasteiger partial charge in [0.15, 0.2) is 11.5 Å². The zero-order valence-corrected chi connectivity index (χ0v) is 13.5. The lowest BCUT2D eigenvalue weighted by molar-refractivity contribution is 0.404. The monoisotopic (exact) mass is 325 g/mol. The van der Waals surface area contributed by atoms with Gasteiger partial charge in [0, 0.05) is 11.8 Å². The van der Waals surface area contributed by atoms with Gasteiger partial charge in [-0.1, -0.05) is 35.1 Å². The van der Waals surface area contributed by atoms with Crippen LogP contribution in [0, 0.1) is 13.8 Å². The second-order valence-corrected chi connectivity index (χ2v) is 6.17. The van der Waals surface area contributed by atoms with Crippen molar-refractivity contribution in [1.29, 1.82) is 0 Å². The van der Waals surface area contributed by atoms with Crippen molar-refractivity contribution in [3.8, 4) is 22.1 Å². The van der Waals surface area contributed by atoms with Crippen molar-refractivity contribution in [3.05, 3.63) is 53.1 Å². The number of nitrogens with zero attached hydrogens (tertiary/aromatic N) is 3. The van der Waals surface area contributed by atoms with E-state index < -0.39 is 0 Å². The van der Waals surface area contributed by atoms with Crippen molar-refractivity contribution in [2.75, 3.05) is 0 Å². The minimum absolute atomic E-state index is 0.161. The highest BCUT2D eigenvalue weighted by Gasteiger charge is 2.08. The number of aliphatic imine (C=N–C) groups is 1. The van der Waals surface area contributed by atoms with Crippen LogP contribution in [0.2, 0.25) is 0 Å². The van der Waals surface area contributed by atoms with E-state index in [0.717, 1.165) is 11.1 Å². The molecule has 0 radical (unpaired) electrons. The Morgan fingerprint density at radius 1 is 1.00 bits per heavy atom. The van der Waals surface area contributed by atoms with E-state index in [9.17, 15) is 10.2 Å². The third-order valence-corrected chi connectivity index (χ3v) is 4.26. The molecule has 1 heterocycles. The molecule has 1 aromatic heterocycles. The number of benzene rings is 2. The van der Waals surface area contributed by atoms with E-state index in [1.54, 1.807) is 12.3 Å². The fraction of sp³-hybridized carbons (Fsp3) is 0.118. The smallest absolute Gasteiger partial charge is 0.231 e. The third kappa shape index (κ3) is 3.37. The fourth-order valence-electron chi connectivity index (χ4n) is 2.14. The lowest BCUT2D eigenvalue weighted by Gasteiger charge is -2.00. The van der Waals surface area contributed by atoms with Crippen molar-refractivity contribution < 1.29 is 10.2 Å². The average molecular weight is 325 g/mol. The highest BCUT2D eigenvalue weighted by molar-refractivity contribution is 7.18. The van der Waals surface area contributed by atoms with Crippen LogP contribution < -0.4 is 0 Å². The molecule has 3 aromatic rings. The number of phenolic OH excluding ortho intramolecular Hbond substituents is 2. The quantitative estimate of drug-likeness (QED) is 0.564. The van der Waals surface area contributed by atoms with Crippen LogP contribution in [0.3, 0.4) is 0 Å². The highest BCUT2D eigenvalue weighted by atomic mass is 32.1. The average Bonchev–Trinajstić information content (AvgIpc) is 2.98. The summed E-state index contributed by atoms with van der Waals surface area (Å²) in [6.07, 6.45) is 1.77. The maximum atomic E-state index is 9.55. The van der Waals surface area contributed by atoms with Gasteiger partial charge in [-0.2, -0.15) is 0 Å². The maximum Gasteiger partial charge on any atom is 0.231 e. The second-order valence-electron chi connectivity index (χ2n) is 5.21. The normalized spacial score (nSPS) is 11.2. The molecule has 0 unspecified atom stereocenters. The number of hydrogen-bond acceptors (Lipinski definition) is 6. The molecule has 2 aromatic carbocycles. The third-order valence-electron chi connectivity index (χ3n) is 3.38. The Balaban J connectivity index is 1.84. The van der Waals surface area contributed by atoms with Crippen LogP contribution in [0.15, 0.2) is 41.4 Å². The molecule has 6 heteroatoms. The second kappa shape index (κ2) is 6.18. The summed E-state index contributed by atoms with van der Waals surface area (Å²) in [7, 11) is 0. The first kappa shape index (κ1) is 15.2. The Bertz CT molecular complexity index is 887. The Kier molecular flexibility index (Phi) is 4.08. The van der Waals surface area contributed by atoms with Crippen molar-refractivity contribution >= 4 is 22.7 Å². The predicted octanol–water partition coefficient (Wildman–Crippen LogP) is 3.98. The van der Waals surface area contributed by atoms with E-state index in [0.29, 0.717) is 15.7 Å². The summed E-state index contributed by atoms with van der Waals surface area (Å²) < 4.78 is 0. The van der Waals surface area contributed by atoms with E-state index in [4.69, 9.17) is 0 Å². The summed E-state index contributed by atoms with van der Waals surface area (Å²) in [6.45, 7) is 4.09. The lowest BCUT2D eigenvalue weighted by Crippen LogP contribution is -1.87. The van der Waals surface area contributed by atoms with Gasteiger partial charge in [-0.3, -0.25) is 0 Å². The standard InChI is InChI=1S/C17H15N3O2S/c1-10-3-4-13(11(2)7-10)9-18-17-20-19-16(23-17)12-5-6-14(21)15(22)8-12/h3-9,21-22H,1-2H3. The molecule has 0 fully saturated rings. The van der Waals surface area contributed by atoms with Gasteiger partial charge in [0.1, 0.15) is 5.01 Å². The number of phenols is 2. The molecule has 0 aliphatic heterocycles. The molecule has 23 heavy (non-hydrogen) atoms. The first-order valence-corrected chi connectivity index (χ1v) is 7.82. The zero-order chi connectivity index (χ0) is 16.4. The molecular formula is C17H15N3O2S. The van der Waals surface area contributed by atoms with Gasteiger partial charge in [0.05, 0.1) is 0 Å². The summed E-state index contributed by atoms with van der Waals surface area (Å²) in [4.78, 5) is 4.36. The van der Waals surface area contributed by atoms with Gasteiger partial charge in [0.25, 0.3) is 0 Å². The van der Waals surface area contributed by atoms with Crippen molar-refractivity contribution in [1.82, 2.24) is 10.2 Å². The van der Waals surface area contributed by atoms with Crippen LogP contribution in [0.5, 0.6) is 11.5 Å². The van der Waals surface area contributed by atoms with E-state index in [1.807, 2.05) is 19.1 Å².